The molecule has 0 fully saturated rings. The number of aromatic nitrogens is 1. The third-order valence-corrected chi connectivity index (χ3v) is 1.30. The first kappa shape index (κ1) is 7.52. The van der Waals surface area contributed by atoms with Gasteiger partial charge >= 0.3 is 0 Å². The monoisotopic (exact) mass is 151 g/mol. The van der Waals surface area contributed by atoms with Gasteiger partial charge < -0.3 is 21.1 Å². The Balaban J connectivity index is 3.34. The Kier molecular flexibility index (Phi) is 1.52. The van der Waals surface area contributed by atoms with Crippen LogP contribution in [0.1, 0.15) is 10.4 Å². The molecule has 1 aromatic rings. The van der Waals surface area contributed by atoms with Crippen LogP contribution in [-0.2, 0) is 0 Å². The minimum atomic E-state index is -0.802. The van der Waals surface area contributed by atoms with Gasteiger partial charge in [0.05, 0.1) is 0 Å². The number of hydrogen-bond donors (Lipinski definition) is 3. The fraction of sp³-hybridized carbons (Fsp3) is 0. The van der Waals surface area contributed by atoms with Gasteiger partial charge in [0.2, 0.25) is 7.98 Å². The summed E-state index contributed by atoms with van der Waals surface area (Å²) in [5.41, 5.74) is 10.0. The Morgan fingerprint density at radius 3 is 2.45 bits per heavy atom. The van der Waals surface area contributed by atoms with Crippen LogP contribution in [0.15, 0.2) is 6.20 Å². The molecule has 0 aromatic carbocycles. The molecule has 0 spiro atoms. The molecule has 1 heterocycles. The maximum Gasteiger partial charge on any atom is 0.256 e. The van der Waals surface area contributed by atoms with E-state index in [-0.39, 0.29) is 17.1 Å². The van der Waals surface area contributed by atoms with Gasteiger partial charge in [-0.3, -0.25) is 4.79 Å². The SMILES string of the molecule is [B]n1cc(O)c(C(N)=O)c1N. The molecule has 2 radical (unpaired) electrons. The van der Waals surface area contributed by atoms with E-state index in [1.165, 1.54) is 0 Å². The molecule has 1 rings (SSSR count). The van der Waals surface area contributed by atoms with E-state index in [1.807, 2.05) is 0 Å². The summed E-state index contributed by atoms with van der Waals surface area (Å²) in [4.78, 5) is 10.6. The van der Waals surface area contributed by atoms with E-state index in [2.05, 4.69) is 0 Å². The molecule has 0 aliphatic heterocycles. The van der Waals surface area contributed by atoms with Crippen LogP contribution in [0.4, 0.5) is 5.82 Å². The Hall–Kier alpha value is -1.59. The zero-order valence-electron chi connectivity index (χ0n) is 5.61. The minimum Gasteiger partial charge on any atom is -0.505 e. The van der Waals surface area contributed by atoms with E-state index in [0.29, 0.717) is 0 Å². The number of anilines is 1. The lowest BCUT2D eigenvalue weighted by Gasteiger charge is -1.96. The number of nitrogens with two attached hydrogens (primary N) is 2. The van der Waals surface area contributed by atoms with Crippen LogP contribution in [0.2, 0.25) is 0 Å². The van der Waals surface area contributed by atoms with Crippen molar-refractivity contribution in [3.8, 4) is 5.75 Å². The number of carbonyl (C=O) groups is 1. The second-order valence-electron chi connectivity index (χ2n) is 2.05. The highest BCUT2D eigenvalue weighted by Gasteiger charge is 2.14. The van der Waals surface area contributed by atoms with Gasteiger partial charge in [0, 0.05) is 6.20 Å². The molecule has 0 saturated heterocycles. The smallest absolute Gasteiger partial charge is 0.256 e. The van der Waals surface area contributed by atoms with Crippen molar-refractivity contribution in [1.29, 1.82) is 0 Å². The summed E-state index contributed by atoms with van der Waals surface area (Å²) in [6.45, 7) is 0. The molecule has 11 heavy (non-hydrogen) atoms. The lowest BCUT2D eigenvalue weighted by Crippen LogP contribution is -2.13. The molecule has 1 aromatic heterocycles. The van der Waals surface area contributed by atoms with Crippen LogP contribution in [0.5, 0.6) is 5.75 Å². The van der Waals surface area contributed by atoms with E-state index in [9.17, 15) is 4.79 Å². The van der Waals surface area contributed by atoms with Crippen LogP contribution < -0.4 is 11.5 Å². The number of aromatic hydroxyl groups is 1. The Labute approximate surface area is 64.0 Å². The van der Waals surface area contributed by atoms with Crippen LogP contribution in [-0.4, -0.2) is 23.5 Å². The number of amides is 1. The second-order valence-corrected chi connectivity index (χ2v) is 2.05. The van der Waals surface area contributed by atoms with Gasteiger partial charge in [-0.2, -0.15) is 0 Å². The summed E-state index contributed by atoms with van der Waals surface area (Å²) in [6, 6.07) is 0. The van der Waals surface area contributed by atoms with Gasteiger partial charge in [-0.05, 0) is 0 Å². The molecule has 56 valence electrons. The molecular formula is C5H6BN3O2. The van der Waals surface area contributed by atoms with Crippen LogP contribution in [0, 0.1) is 0 Å². The molecule has 0 aliphatic rings. The van der Waals surface area contributed by atoms with Gasteiger partial charge in [-0.25, -0.2) is 0 Å². The predicted molar refractivity (Wildman–Crippen MR) is 40.2 cm³/mol. The highest BCUT2D eigenvalue weighted by Crippen LogP contribution is 2.23. The molecule has 5 N–H and O–H groups in total. The van der Waals surface area contributed by atoms with Crippen molar-refractivity contribution in [2.75, 3.05) is 5.73 Å². The average Bonchev–Trinajstić information content (AvgIpc) is 2.07. The van der Waals surface area contributed by atoms with Crippen molar-refractivity contribution in [1.82, 2.24) is 4.48 Å². The Morgan fingerprint density at radius 2 is 2.27 bits per heavy atom. The number of nitrogen functional groups attached to an aromatic ring is 1. The first-order chi connectivity index (χ1) is 5.04. The lowest BCUT2D eigenvalue weighted by molar-refractivity contribution is 0.0999. The largest absolute Gasteiger partial charge is 0.505 e. The third kappa shape index (κ3) is 1.02. The highest BCUT2D eigenvalue weighted by atomic mass is 16.3. The standard InChI is InChI=1S/C5H6BN3O2/c6-9-1-2(10)3(4(9)7)5(8)11/h1,10H,7H2,(H2,8,11). The van der Waals surface area contributed by atoms with Gasteiger partial charge in [-0.15, -0.1) is 0 Å². The number of primary amides is 1. The van der Waals surface area contributed by atoms with Gasteiger partial charge in [0.25, 0.3) is 5.91 Å². The quantitative estimate of drug-likeness (QED) is 0.440. The molecular weight excluding hydrogens is 145 g/mol. The van der Waals surface area contributed by atoms with Crippen LogP contribution in [0.3, 0.4) is 0 Å². The third-order valence-electron chi connectivity index (χ3n) is 1.30. The van der Waals surface area contributed by atoms with Crippen molar-refractivity contribution in [3.05, 3.63) is 11.8 Å². The Morgan fingerprint density at radius 1 is 1.73 bits per heavy atom. The summed E-state index contributed by atoms with van der Waals surface area (Å²) in [5.74, 6) is -1.16. The van der Waals surface area contributed by atoms with E-state index < -0.39 is 5.91 Å². The van der Waals surface area contributed by atoms with Crippen molar-refractivity contribution >= 4 is 19.7 Å². The van der Waals surface area contributed by atoms with Crippen LogP contribution >= 0.6 is 0 Å². The molecule has 0 atom stereocenters. The summed E-state index contributed by atoms with van der Waals surface area (Å²) in [5, 5.41) is 9.00. The minimum absolute atomic E-state index is 0.0463. The number of nitrogens with zero attached hydrogens (tertiary/aromatic N) is 1. The van der Waals surface area contributed by atoms with E-state index in [1.54, 1.807) is 0 Å². The number of hydrogen-bond acceptors (Lipinski definition) is 3. The molecule has 6 heteroatoms. The predicted octanol–water partition coefficient (Wildman–Crippen LogP) is -1.19. The van der Waals surface area contributed by atoms with Crippen molar-refractivity contribution in [2.45, 2.75) is 0 Å². The average molecular weight is 151 g/mol. The zero-order chi connectivity index (χ0) is 8.59. The summed E-state index contributed by atoms with van der Waals surface area (Å²) >= 11 is 0. The maximum absolute atomic E-state index is 10.6. The van der Waals surface area contributed by atoms with Crippen molar-refractivity contribution < 1.29 is 9.90 Å². The fourth-order valence-electron chi connectivity index (χ4n) is 0.779. The van der Waals surface area contributed by atoms with Gasteiger partial charge in [0.1, 0.15) is 17.1 Å². The van der Waals surface area contributed by atoms with Gasteiger partial charge in [0.15, 0.2) is 0 Å². The highest BCUT2D eigenvalue weighted by molar-refractivity contribution is 6.11. The normalized spacial score (nSPS) is 9.82. The zero-order valence-corrected chi connectivity index (χ0v) is 5.61. The van der Waals surface area contributed by atoms with E-state index >= 15 is 0 Å². The van der Waals surface area contributed by atoms with Gasteiger partial charge in [-0.1, -0.05) is 0 Å². The van der Waals surface area contributed by atoms with E-state index in [4.69, 9.17) is 24.6 Å². The molecule has 0 unspecified atom stereocenters. The molecule has 1 amide bonds. The topological polar surface area (TPSA) is 94.3 Å². The number of carbonyl (C=O) groups excluding carboxylic acids is 1. The van der Waals surface area contributed by atoms with Crippen molar-refractivity contribution in [2.24, 2.45) is 5.73 Å². The first-order valence-corrected chi connectivity index (χ1v) is 2.78. The molecule has 0 aliphatic carbocycles. The maximum atomic E-state index is 10.6. The first-order valence-electron chi connectivity index (χ1n) is 2.78. The summed E-state index contributed by atoms with van der Waals surface area (Å²) < 4.78 is 0.926. The molecule has 0 saturated carbocycles. The van der Waals surface area contributed by atoms with Crippen LogP contribution in [0.25, 0.3) is 0 Å². The molecule has 0 bridgehead atoms. The fourth-order valence-corrected chi connectivity index (χ4v) is 0.779. The number of rotatable bonds is 1. The van der Waals surface area contributed by atoms with Crippen molar-refractivity contribution in [3.63, 3.8) is 0 Å². The summed E-state index contributed by atoms with van der Waals surface area (Å²) in [6.07, 6.45) is 1.11. The van der Waals surface area contributed by atoms with E-state index in [0.717, 1.165) is 10.7 Å². The second kappa shape index (κ2) is 2.23. The summed E-state index contributed by atoms with van der Waals surface area (Å²) in [7, 11) is 5.20. The Bertz CT molecular complexity index is 307. The molecule has 5 nitrogen and oxygen atoms in total. The lowest BCUT2D eigenvalue weighted by atomic mass is 10.3.